The van der Waals surface area contributed by atoms with E-state index < -0.39 is 0 Å². The number of hydrogen-bond acceptors (Lipinski definition) is 2. The molecular weight excluding hydrogens is 275 g/mol. The summed E-state index contributed by atoms with van der Waals surface area (Å²) in [5.41, 5.74) is 1.41. The van der Waals surface area contributed by atoms with Crippen LogP contribution in [0.4, 0.5) is 4.39 Å². The van der Waals surface area contributed by atoms with Gasteiger partial charge in [0.05, 0.1) is 10.2 Å². The Labute approximate surface area is 118 Å². The van der Waals surface area contributed by atoms with Gasteiger partial charge in [0, 0.05) is 12.6 Å². The highest BCUT2D eigenvalue weighted by Crippen LogP contribution is 2.15. The van der Waals surface area contributed by atoms with Gasteiger partial charge in [-0.15, -0.1) is 0 Å². The highest BCUT2D eigenvalue weighted by Gasteiger charge is 2.06. The molecule has 3 aromatic rings. The third kappa shape index (κ3) is 2.28. The van der Waals surface area contributed by atoms with Crippen molar-refractivity contribution in [3.63, 3.8) is 0 Å². The maximum atomic E-state index is 12.8. The Morgan fingerprint density at radius 3 is 2.55 bits per heavy atom. The van der Waals surface area contributed by atoms with E-state index in [1.807, 2.05) is 35.9 Å². The number of aryl methyl sites for hydroxylation is 1. The third-order valence-corrected chi connectivity index (χ3v) is 4.12. The van der Waals surface area contributed by atoms with Crippen LogP contribution in [0.3, 0.4) is 0 Å². The van der Waals surface area contributed by atoms with Gasteiger partial charge in [-0.2, -0.15) is 4.99 Å². The lowest BCUT2D eigenvalue weighted by molar-refractivity contribution is 0.0998. The van der Waals surface area contributed by atoms with E-state index in [1.54, 1.807) is 0 Å². The molecule has 0 fully saturated rings. The van der Waals surface area contributed by atoms with Crippen LogP contribution < -0.4 is 4.80 Å². The zero-order valence-corrected chi connectivity index (χ0v) is 11.5. The van der Waals surface area contributed by atoms with Gasteiger partial charge in [0.1, 0.15) is 5.82 Å². The van der Waals surface area contributed by atoms with Gasteiger partial charge in [-0.25, -0.2) is 4.39 Å². The predicted molar refractivity (Wildman–Crippen MR) is 77.1 cm³/mol. The minimum Gasteiger partial charge on any atom is -0.319 e. The first-order valence-electron chi connectivity index (χ1n) is 6.04. The number of carbonyl (C=O) groups excluding carboxylic acids is 1. The van der Waals surface area contributed by atoms with Crippen molar-refractivity contribution in [1.29, 1.82) is 0 Å². The Morgan fingerprint density at radius 2 is 1.85 bits per heavy atom. The first-order valence-corrected chi connectivity index (χ1v) is 6.86. The normalized spacial score (nSPS) is 12.0. The lowest BCUT2D eigenvalue weighted by Gasteiger charge is -1.96. The fraction of sp³-hybridized carbons (Fsp3) is 0.0667. The lowest BCUT2D eigenvalue weighted by atomic mass is 10.2. The van der Waals surface area contributed by atoms with Crippen molar-refractivity contribution in [1.82, 2.24) is 4.57 Å². The molecule has 0 unspecified atom stereocenters. The molecule has 0 saturated carbocycles. The van der Waals surface area contributed by atoms with Gasteiger partial charge in [0.2, 0.25) is 0 Å². The Balaban J connectivity index is 2.08. The highest BCUT2D eigenvalue weighted by molar-refractivity contribution is 7.16. The number of fused-ring (bicyclic) bond motifs is 1. The fourth-order valence-corrected chi connectivity index (χ4v) is 2.95. The second-order valence-electron chi connectivity index (χ2n) is 4.34. The molecule has 100 valence electrons. The molecule has 0 aliphatic heterocycles. The van der Waals surface area contributed by atoms with E-state index in [0.29, 0.717) is 10.4 Å². The molecule has 3 rings (SSSR count). The minimum absolute atomic E-state index is 0.367. The van der Waals surface area contributed by atoms with Crippen LogP contribution in [0.25, 0.3) is 10.2 Å². The second-order valence-corrected chi connectivity index (χ2v) is 5.34. The van der Waals surface area contributed by atoms with Crippen LogP contribution >= 0.6 is 11.3 Å². The monoisotopic (exact) mass is 286 g/mol. The molecule has 0 spiro atoms. The van der Waals surface area contributed by atoms with Crippen LogP contribution in [0.2, 0.25) is 0 Å². The number of aromatic nitrogens is 1. The van der Waals surface area contributed by atoms with E-state index in [-0.39, 0.29) is 11.7 Å². The summed E-state index contributed by atoms with van der Waals surface area (Å²) in [4.78, 5) is 16.8. The largest absolute Gasteiger partial charge is 0.319 e. The number of thiazole rings is 1. The molecule has 0 radical (unpaired) electrons. The minimum atomic E-state index is -0.368. The zero-order chi connectivity index (χ0) is 14.1. The van der Waals surface area contributed by atoms with Crippen LogP contribution in [0.15, 0.2) is 53.5 Å². The van der Waals surface area contributed by atoms with Gasteiger partial charge >= 0.3 is 0 Å². The number of benzene rings is 2. The van der Waals surface area contributed by atoms with Crippen LogP contribution in [0.5, 0.6) is 0 Å². The van der Waals surface area contributed by atoms with Crippen LogP contribution in [-0.4, -0.2) is 10.5 Å². The Morgan fingerprint density at radius 1 is 1.15 bits per heavy atom. The topological polar surface area (TPSA) is 34.4 Å². The first kappa shape index (κ1) is 12.7. The van der Waals surface area contributed by atoms with Gasteiger partial charge in [-0.3, -0.25) is 4.79 Å². The summed E-state index contributed by atoms with van der Waals surface area (Å²) in [5, 5.41) is 0. The number of amides is 1. The first-order chi connectivity index (χ1) is 9.65. The van der Waals surface area contributed by atoms with Crippen molar-refractivity contribution in [2.24, 2.45) is 12.0 Å². The molecule has 0 bridgehead atoms. The van der Waals surface area contributed by atoms with E-state index in [9.17, 15) is 9.18 Å². The van der Waals surface area contributed by atoms with Gasteiger partial charge in [-0.05, 0) is 36.4 Å². The summed E-state index contributed by atoms with van der Waals surface area (Å²) >= 11 is 1.45. The standard InChI is InChI=1S/C15H11FN2OS/c1-18-12-4-2-3-5-13(12)20-15(18)17-14(19)10-6-8-11(16)9-7-10/h2-9H,1H3. The smallest absolute Gasteiger partial charge is 0.279 e. The number of carbonyl (C=O) groups is 1. The maximum absolute atomic E-state index is 12.8. The van der Waals surface area contributed by atoms with Gasteiger partial charge in [0.25, 0.3) is 5.91 Å². The number of hydrogen-bond donors (Lipinski definition) is 0. The SMILES string of the molecule is Cn1c(=NC(=O)c2ccc(F)cc2)sc2ccccc21. The Kier molecular flexibility index (Phi) is 3.20. The van der Waals surface area contributed by atoms with E-state index in [2.05, 4.69) is 4.99 Å². The fourth-order valence-electron chi connectivity index (χ4n) is 1.93. The molecule has 1 heterocycles. The van der Waals surface area contributed by atoms with Gasteiger partial charge < -0.3 is 4.57 Å². The number of para-hydroxylation sites is 1. The van der Waals surface area contributed by atoms with Crippen molar-refractivity contribution in [3.05, 3.63) is 64.7 Å². The van der Waals surface area contributed by atoms with Crippen molar-refractivity contribution in [2.45, 2.75) is 0 Å². The highest BCUT2D eigenvalue weighted by atomic mass is 32.1. The second kappa shape index (κ2) is 5.02. The van der Waals surface area contributed by atoms with Crippen molar-refractivity contribution < 1.29 is 9.18 Å². The van der Waals surface area contributed by atoms with Crippen molar-refractivity contribution >= 4 is 27.5 Å². The number of halogens is 1. The van der Waals surface area contributed by atoms with Crippen molar-refractivity contribution in [2.75, 3.05) is 0 Å². The summed E-state index contributed by atoms with van der Waals surface area (Å²) in [7, 11) is 1.87. The summed E-state index contributed by atoms with van der Waals surface area (Å²) in [6.45, 7) is 0. The van der Waals surface area contributed by atoms with Gasteiger partial charge in [0.15, 0.2) is 4.80 Å². The van der Waals surface area contributed by atoms with E-state index in [0.717, 1.165) is 10.2 Å². The van der Waals surface area contributed by atoms with E-state index >= 15 is 0 Å². The molecule has 0 aliphatic rings. The van der Waals surface area contributed by atoms with Crippen LogP contribution in [-0.2, 0) is 7.05 Å². The summed E-state index contributed by atoms with van der Waals surface area (Å²) in [6, 6.07) is 13.3. The number of rotatable bonds is 1. The molecular formula is C15H11FN2OS. The Hall–Kier alpha value is -2.27. The van der Waals surface area contributed by atoms with Gasteiger partial charge in [-0.1, -0.05) is 23.5 Å². The van der Waals surface area contributed by atoms with Crippen molar-refractivity contribution in [3.8, 4) is 0 Å². The molecule has 0 N–H and O–H groups in total. The summed E-state index contributed by atoms with van der Waals surface area (Å²) < 4.78 is 15.8. The number of nitrogens with zero attached hydrogens (tertiary/aromatic N) is 2. The molecule has 1 amide bonds. The quantitative estimate of drug-likeness (QED) is 0.677. The molecule has 2 aromatic carbocycles. The average Bonchev–Trinajstić information content (AvgIpc) is 2.77. The average molecular weight is 286 g/mol. The Bertz CT molecular complexity index is 846. The molecule has 20 heavy (non-hydrogen) atoms. The summed E-state index contributed by atoms with van der Waals surface area (Å²) in [5.74, 6) is -0.735. The zero-order valence-electron chi connectivity index (χ0n) is 10.7. The van der Waals surface area contributed by atoms with Crippen LogP contribution in [0, 0.1) is 5.82 Å². The molecule has 5 heteroatoms. The lowest BCUT2D eigenvalue weighted by Crippen LogP contribution is -2.13. The molecule has 3 nitrogen and oxygen atoms in total. The van der Waals surface area contributed by atoms with E-state index in [1.165, 1.54) is 35.6 Å². The maximum Gasteiger partial charge on any atom is 0.279 e. The molecule has 1 aromatic heterocycles. The third-order valence-electron chi connectivity index (χ3n) is 3.00. The van der Waals surface area contributed by atoms with Crippen LogP contribution in [0.1, 0.15) is 10.4 Å². The predicted octanol–water partition coefficient (Wildman–Crippen LogP) is 3.12. The molecule has 0 atom stereocenters. The summed E-state index contributed by atoms with van der Waals surface area (Å²) in [6.07, 6.45) is 0. The molecule has 0 saturated heterocycles. The molecule has 0 aliphatic carbocycles. The van der Waals surface area contributed by atoms with E-state index in [4.69, 9.17) is 0 Å².